The fraction of sp³-hybridized carbons (Fsp3) is 0.312. The lowest BCUT2D eigenvalue weighted by atomic mass is 10.1. The Balaban J connectivity index is 1.53. The summed E-state index contributed by atoms with van der Waals surface area (Å²) in [5.41, 5.74) is 2.62. The van der Waals surface area contributed by atoms with E-state index in [0.717, 1.165) is 31.7 Å². The van der Waals surface area contributed by atoms with Crippen LogP contribution in [0.4, 0.5) is 0 Å². The summed E-state index contributed by atoms with van der Waals surface area (Å²) in [6.45, 7) is 1.92. The highest BCUT2D eigenvalue weighted by Crippen LogP contribution is 2.16. The highest BCUT2D eigenvalue weighted by atomic mass is 16.5. The van der Waals surface area contributed by atoms with Crippen LogP contribution in [0, 0.1) is 0 Å². The van der Waals surface area contributed by atoms with Gasteiger partial charge in [0.25, 0.3) is 0 Å². The van der Waals surface area contributed by atoms with Crippen LogP contribution in [0.3, 0.4) is 0 Å². The molecule has 1 aromatic carbocycles. The standard InChI is InChI=1S/C16H18N2O/c1-2-14(10-17-9-1)4-3-13-5-7-15(8-6-13)19-16-11-18-12-16/h1-2,5-10,16,18H,3-4,11-12H2. The van der Waals surface area contributed by atoms with Crippen molar-refractivity contribution in [1.82, 2.24) is 10.3 Å². The van der Waals surface area contributed by atoms with Crippen molar-refractivity contribution in [3.63, 3.8) is 0 Å². The van der Waals surface area contributed by atoms with Gasteiger partial charge in [-0.3, -0.25) is 4.98 Å². The van der Waals surface area contributed by atoms with Gasteiger partial charge < -0.3 is 10.1 Å². The molecular weight excluding hydrogens is 236 g/mol. The van der Waals surface area contributed by atoms with E-state index >= 15 is 0 Å². The average Bonchev–Trinajstić information content (AvgIpc) is 2.43. The van der Waals surface area contributed by atoms with Gasteiger partial charge >= 0.3 is 0 Å². The largest absolute Gasteiger partial charge is 0.488 e. The number of nitrogens with one attached hydrogen (secondary N) is 1. The van der Waals surface area contributed by atoms with Crippen LogP contribution in [0.2, 0.25) is 0 Å². The van der Waals surface area contributed by atoms with Gasteiger partial charge in [-0.05, 0) is 42.2 Å². The lowest BCUT2D eigenvalue weighted by molar-refractivity contribution is 0.142. The fourth-order valence-electron chi connectivity index (χ4n) is 2.11. The zero-order chi connectivity index (χ0) is 12.9. The smallest absolute Gasteiger partial charge is 0.123 e. The SMILES string of the molecule is c1cncc(CCc2ccc(OC3CNC3)cc2)c1. The van der Waals surface area contributed by atoms with Crippen molar-refractivity contribution in [3.05, 3.63) is 59.9 Å². The third-order valence-electron chi connectivity index (χ3n) is 3.40. The molecule has 19 heavy (non-hydrogen) atoms. The minimum Gasteiger partial charge on any atom is -0.488 e. The molecule has 98 valence electrons. The van der Waals surface area contributed by atoms with Crippen molar-refractivity contribution in [2.75, 3.05) is 13.1 Å². The molecule has 0 amide bonds. The van der Waals surface area contributed by atoms with Crippen molar-refractivity contribution in [2.45, 2.75) is 18.9 Å². The Morgan fingerprint density at radius 3 is 2.47 bits per heavy atom. The average molecular weight is 254 g/mol. The first-order valence-corrected chi connectivity index (χ1v) is 6.75. The molecule has 0 saturated carbocycles. The number of hydrogen-bond acceptors (Lipinski definition) is 3. The lowest BCUT2D eigenvalue weighted by Gasteiger charge is -2.27. The summed E-state index contributed by atoms with van der Waals surface area (Å²) in [5.74, 6) is 0.969. The number of nitrogens with zero attached hydrogens (tertiary/aromatic N) is 1. The lowest BCUT2D eigenvalue weighted by Crippen LogP contribution is -2.50. The molecular formula is C16H18N2O. The first-order valence-electron chi connectivity index (χ1n) is 6.75. The maximum atomic E-state index is 5.80. The predicted octanol–water partition coefficient (Wildman–Crippen LogP) is 2.22. The molecule has 3 rings (SSSR count). The van der Waals surface area contributed by atoms with Gasteiger partial charge in [0.2, 0.25) is 0 Å². The van der Waals surface area contributed by atoms with Crippen LogP contribution in [0.15, 0.2) is 48.8 Å². The summed E-state index contributed by atoms with van der Waals surface area (Å²) in [6, 6.07) is 12.5. The van der Waals surface area contributed by atoms with E-state index in [1.165, 1.54) is 11.1 Å². The van der Waals surface area contributed by atoms with Gasteiger partial charge in [-0.25, -0.2) is 0 Å². The zero-order valence-electron chi connectivity index (χ0n) is 10.9. The Morgan fingerprint density at radius 2 is 1.84 bits per heavy atom. The number of rotatable bonds is 5. The van der Waals surface area contributed by atoms with E-state index in [2.05, 4.69) is 40.6 Å². The molecule has 3 nitrogen and oxygen atoms in total. The molecule has 2 aromatic rings. The van der Waals surface area contributed by atoms with Crippen molar-refractivity contribution in [1.29, 1.82) is 0 Å². The van der Waals surface area contributed by atoms with E-state index in [4.69, 9.17) is 4.74 Å². The van der Waals surface area contributed by atoms with Crippen LogP contribution in [0.25, 0.3) is 0 Å². The molecule has 0 spiro atoms. The summed E-state index contributed by atoms with van der Waals surface area (Å²) in [6.07, 6.45) is 6.16. The van der Waals surface area contributed by atoms with Crippen LogP contribution in [-0.4, -0.2) is 24.2 Å². The molecule has 1 saturated heterocycles. The highest BCUT2D eigenvalue weighted by molar-refractivity contribution is 5.28. The van der Waals surface area contributed by atoms with Gasteiger partial charge in [0.05, 0.1) is 0 Å². The van der Waals surface area contributed by atoms with Crippen molar-refractivity contribution >= 4 is 0 Å². The quantitative estimate of drug-likeness (QED) is 0.888. The number of aromatic nitrogens is 1. The van der Waals surface area contributed by atoms with Gasteiger partial charge in [0.1, 0.15) is 11.9 Å². The number of pyridine rings is 1. The summed E-state index contributed by atoms with van der Waals surface area (Å²) in [4.78, 5) is 4.13. The molecule has 0 unspecified atom stereocenters. The van der Waals surface area contributed by atoms with E-state index < -0.39 is 0 Å². The van der Waals surface area contributed by atoms with Gasteiger partial charge in [-0.15, -0.1) is 0 Å². The third kappa shape index (κ3) is 3.32. The normalized spacial score (nSPS) is 14.9. The van der Waals surface area contributed by atoms with E-state index in [-0.39, 0.29) is 0 Å². The van der Waals surface area contributed by atoms with Gasteiger partial charge in [-0.1, -0.05) is 18.2 Å². The topological polar surface area (TPSA) is 34.1 Å². The van der Waals surface area contributed by atoms with E-state index in [1.54, 1.807) is 0 Å². The second kappa shape index (κ2) is 5.85. The van der Waals surface area contributed by atoms with Gasteiger partial charge in [-0.2, -0.15) is 0 Å². The number of ether oxygens (including phenoxy) is 1. The Kier molecular flexibility index (Phi) is 3.75. The van der Waals surface area contributed by atoms with E-state index in [1.807, 2.05) is 18.5 Å². The summed E-state index contributed by atoms with van der Waals surface area (Å²) >= 11 is 0. The van der Waals surface area contributed by atoms with E-state index in [9.17, 15) is 0 Å². The number of aryl methyl sites for hydroxylation is 2. The van der Waals surface area contributed by atoms with Gasteiger partial charge in [0, 0.05) is 25.5 Å². The monoisotopic (exact) mass is 254 g/mol. The Labute approximate surface area is 113 Å². The van der Waals surface area contributed by atoms with Crippen molar-refractivity contribution in [3.8, 4) is 5.75 Å². The first kappa shape index (κ1) is 12.2. The highest BCUT2D eigenvalue weighted by Gasteiger charge is 2.17. The molecule has 2 heterocycles. The first-order chi connectivity index (χ1) is 9.40. The van der Waals surface area contributed by atoms with Crippen LogP contribution in [0.5, 0.6) is 5.75 Å². The minimum atomic E-state index is 0.348. The molecule has 1 aliphatic rings. The minimum absolute atomic E-state index is 0.348. The maximum absolute atomic E-state index is 5.80. The molecule has 1 aromatic heterocycles. The molecule has 0 bridgehead atoms. The molecule has 1 fully saturated rings. The summed E-state index contributed by atoms with van der Waals surface area (Å²) in [5, 5.41) is 3.20. The van der Waals surface area contributed by atoms with E-state index in [0.29, 0.717) is 6.10 Å². The molecule has 0 radical (unpaired) electrons. The molecule has 0 atom stereocenters. The molecule has 1 aliphatic heterocycles. The predicted molar refractivity (Wildman–Crippen MR) is 75.4 cm³/mol. The van der Waals surface area contributed by atoms with Crippen LogP contribution >= 0.6 is 0 Å². The number of hydrogen-bond donors (Lipinski definition) is 1. The number of benzene rings is 1. The van der Waals surface area contributed by atoms with Crippen LogP contribution < -0.4 is 10.1 Å². The molecule has 0 aliphatic carbocycles. The van der Waals surface area contributed by atoms with Crippen LogP contribution in [-0.2, 0) is 12.8 Å². The summed E-state index contributed by atoms with van der Waals surface area (Å²) in [7, 11) is 0. The van der Waals surface area contributed by atoms with Crippen molar-refractivity contribution < 1.29 is 4.74 Å². The third-order valence-corrected chi connectivity index (χ3v) is 3.40. The van der Waals surface area contributed by atoms with Crippen molar-refractivity contribution in [2.24, 2.45) is 0 Å². The Morgan fingerprint density at radius 1 is 1.05 bits per heavy atom. The second-order valence-electron chi connectivity index (χ2n) is 4.90. The molecule has 3 heteroatoms. The summed E-state index contributed by atoms with van der Waals surface area (Å²) < 4.78 is 5.80. The maximum Gasteiger partial charge on any atom is 0.123 e. The Bertz CT molecular complexity index is 506. The second-order valence-corrected chi connectivity index (χ2v) is 4.90. The van der Waals surface area contributed by atoms with Gasteiger partial charge in [0.15, 0.2) is 0 Å². The zero-order valence-corrected chi connectivity index (χ0v) is 10.9. The fourth-order valence-corrected chi connectivity index (χ4v) is 2.11. The molecule has 1 N–H and O–H groups in total. The Hall–Kier alpha value is -1.87. The van der Waals surface area contributed by atoms with Crippen LogP contribution in [0.1, 0.15) is 11.1 Å².